The van der Waals surface area contributed by atoms with Gasteiger partial charge in [0.2, 0.25) is 0 Å². The number of H-pyrrole nitrogens is 2. The van der Waals surface area contributed by atoms with Crippen molar-refractivity contribution >= 4 is 0 Å². The van der Waals surface area contributed by atoms with Gasteiger partial charge in [-0.3, -0.25) is 9.13 Å². The molecule has 2 aliphatic rings. The van der Waals surface area contributed by atoms with Crippen LogP contribution in [0.15, 0.2) is 9.59 Å². The minimum absolute atomic E-state index is 0.130. The molecule has 2 aromatic heterocycles. The highest BCUT2D eigenvalue weighted by Crippen LogP contribution is 2.27. The smallest absolute Gasteiger partial charge is 0.343 e. The fraction of sp³-hybridized carbons (Fsp3) is 0.810. The number of nitrogens with one attached hydrogen (secondary N) is 2. The number of nitrogens with zero attached hydrogens (tertiary/aromatic N) is 6. The van der Waals surface area contributed by atoms with E-state index >= 15 is 0 Å². The van der Waals surface area contributed by atoms with Crippen LogP contribution < -0.4 is 11.4 Å². The molecular weight excluding hydrogens is 412 g/mol. The summed E-state index contributed by atoms with van der Waals surface area (Å²) < 4.78 is 3.45. The normalized spacial score (nSPS) is 19.9. The molecule has 0 radical (unpaired) electrons. The molecule has 4 heterocycles. The Morgan fingerprint density at radius 2 is 1.19 bits per heavy atom. The Bertz CT molecular complexity index is 898. The Morgan fingerprint density at radius 3 is 1.53 bits per heavy atom. The minimum atomic E-state index is -0.387. The molecule has 2 aliphatic heterocycles. The maximum Gasteiger partial charge on any atom is 0.343 e. The summed E-state index contributed by atoms with van der Waals surface area (Å²) in [5.74, 6) is 2.32. The predicted octanol–water partition coefficient (Wildman–Crippen LogP) is -0.0841. The maximum atomic E-state index is 11.8. The lowest BCUT2D eigenvalue weighted by Gasteiger charge is -2.36. The first kappa shape index (κ1) is 22.9. The third-order valence-electron chi connectivity index (χ3n) is 7.05. The van der Waals surface area contributed by atoms with E-state index in [1.807, 2.05) is 13.8 Å². The van der Waals surface area contributed by atoms with E-state index in [4.69, 9.17) is 0 Å². The largest absolute Gasteiger partial charge is 0.390 e. The molecule has 0 spiro atoms. The summed E-state index contributed by atoms with van der Waals surface area (Å²) in [6.45, 7) is 10.2. The minimum Gasteiger partial charge on any atom is -0.390 e. The molecule has 178 valence electrons. The van der Waals surface area contributed by atoms with Crippen LogP contribution in [0.1, 0.15) is 63.0 Å². The average Bonchev–Trinajstić information content (AvgIpc) is 3.36. The van der Waals surface area contributed by atoms with Gasteiger partial charge < -0.3 is 14.9 Å². The predicted molar refractivity (Wildman–Crippen MR) is 120 cm³/mol. The van der Waals surface area contributed by atoms with E-state index in [0.29, 0.717) is 38.0 Å². The Labute approximate surface area is 187 Å². The van der Waals surface area contributed by atoms with Gasteiger partial charge in [0.1, 0.15) is 11.6 Å². The monoisotopic (exact) mass is 448 g/mol. The number of aliphatic hydroxyl groups excluding tert-OH is 1. The zero-order chi connectivity index (χ0) is 22.7. The summed E-state index contributed by atoms with van der Waals surface area (Å²) in [6, 6.07) is 0. The molecule has 2 fully saturated rings. The lowest BCUT2D eigenvalue weighted by atomic mass is 9.95. The Morgan fingerprint density at radius 1 is 0.812 bits per heavy atom. The van der Waals surface area contributed by atoms with E-state index in [1.165, 1.54) is 0 Å². The van der Waals surface area contributed by atoms with Gasteiger partial charge in [0, 0.05) is 38.0 Å². The topological polar surface area (TPSA) is 128 Å². The van der Waals surface area contributed by atoms with Crippen molar-refractivity contribution in [3.63, 3.8) is 0 Å². The van der Waals surface area contributed by atoms with Crippen molar-refractivity contribution in [3.8, 4) is 0 Å². The number of rotatable bonds is 8. The zero-order valence-corrected chi connectivity index (χ0v) is 19.2. The first-order valence-electron chi connectivity index (χ1n) is 11.9. The van der Waals surface area contributed by atoms with Crippen molar-refractivity contribution < 1.29 is 5.11 Å². The number of hydrogen-bond acceptors (Lipinski definition) is 7. The van der Waals surface area contributed by atoms with Crippen molar-refractivity contribution in [1.82, 2.24) is 39.3 Å². The first-order chi connectivity index (χ1) is 15.5. The lowest BCUT2D eigenvalue weighted by molar-refractivity contribution is 0.0559. The van der Waals surface area contributed by atoms with Gasteiger partial charge in [-0.25, -0.2) is 19.8 Å². The highest BCUT2D eigenvalue weighted by atomic mass is 16.3. The molecule has 11 heteroatoms. The molecule has 0 bridgehead atoms. The Balaban J connectivity index is 1.21. The van der Waals surface area contributed by atoms with Crippen molar-refractivity contribution in [3.05, 3.63) is 32.6 Å². The standard InChI is InChI=1S/C21H36N8O3/c1-3-28-18(22-24-20(28)31)15-5-9-26(10-6-15)13-17(30)14-27-11-7-16(8-12-27)19-23-25-21(32)29(19)4-2/h15-17,30H,3-14H2,1-2H3,(H,24,31)(H,25,32). The van der Waals surface area contributed by atoms with Gasteiger partial charge in [0.25, 0.3) is 0 Å². The third-order valence-corrected chi connectivity index (χ3v) is 7.05. The fourth-order valence-electron chi connectivity index (χ4n) is 5.30. The summed E-state index contributed by atoms with van der Waals surface area (Å²) in [5.41, 5.74) is -0.260. The quantitative estimate of drug-likeness (QED) is 0.515. The molecule has 0 amide bonds. The highest BCUT2D eigenvalue weighted by molar-refractivity contribution is 5.00. The number of hydrogen-bond donors (Lipinski definition) is 3. The molecule has 0 atom stereocenters. The highest BCUT2D eigenvalue weighted by Gasteiger charge is 2.28. The molecule has 11 nitrogen and oxygen atoms in total. The van der Waals surface area contributed by atoms with Crippen LogP contribution in [-0.4, -0.2) is 89.8 Å². The van der Waals surface area contributed by atoms with Crippen molar-refractivity contribution in [2.24, 2.45) is 0 Å². The molecule has 0 aliphatic carbocycles. The molecule has 2 aromatic rings. The second-order valence-electron chi connectivity index (χ2n) is 9.07. The van der Waals surface area contributed by atoms with Crippen molar-refractivity contribution in [1.29, 1.82) is 0 Å². The van der Waals surface area contributed by atoms with Crippen LogP contribution in [-0.2, 0) is 13.1 Å². The number of aliphatic hydroxyl groups is 1. The Hall–Kier alpha value is -2.24. The average molecular weight is 449 g/mol. The second kappa shape index (κ2) is 10.1. The van der Waals surface area contributed by atoms with Gasteiger partial charge in [0.15, 0.2) is 0 Å². The van der Waals surface area contributed by atoms with Gasteiger partial charge in [-0.2, -0.15) is 10.2 Å². The Kier molecular flexibility index (Phi) is 7.27. The van der Waals surface area contributed by atoms with Crippen LogP contribution in [0.4, 0.5) is 0 Å². The van der Waals surface area contributed by atoms with Gasteiger partial charge in [0.05, 0.1) is 6.10 Å². The number of aromatic amines is 2. The van der Waals surface area contributed by atoms with Gasteiger partial charge in [-0.05, 0) is 65.7 Å². The van der Waals surface area contributed by atoms with Crippen molar-refractivity contribution in [2.75, 3.05) is 39.3 Å². The van der Waals surface area contributed by atoms with Crippen LogP contribution in [0.5, 0.6) is 0 Å². The third kappa shape index (κ3) is 4.89. The number of aromatic nitrogens is 6. The van der Waals surface area contributed by atoms with E-state index in [1.54, 1.807) is 9.13 Å². The van der Waals surface area contributed by atoms with Crippen molar-refractivity contribution in [2.45, 2.75) is 70.6 Å². The van der Waals surface area contributed by atoms with Crippen LogP contribution in [0.2, 0.25) is 0 Å². The van der Waals surface area contributed by atoms with Gasteiger partial charge in [-0.1, -0.05) is 0 Å². The van der Waals surface area contributed by atoms with Gasteiger partial charge in [-0.15, -0.1) is 0 Å². The summed E-state index contributed by atoms with van der Waals surface area (Å²) >= 11 is 0. The molecule has 2 saturated heterocycles. The van der Waals surface area contributed by atoms with Crippen LogP contribution in [0.25, 0.3) is 0 Å². The van der Waals surface area contributed by atoms with E-state index in [-0.39, 0.29) is 17.5 Å². The fourth-order valence-corrected chi connectivity index (χ4v) is 5.30. The molecular formula is C21H36N8O3. The molecule has 0 unspecified atom stereocenters. The maximum absolute atomic E-state index is 11.8. The van der Waals surface area contributed by atoms with E-state index in [0.717, 1.165) is 63.5 Å². The van der Waals surface area contributed by atoms with E-state index in [9.17, 15) is 14.7 Å². The van der Waals surface area contributed by atoms with Gasteiger partial charge >= 0.3 is 11.4 Å². The summed E-state index contributed by atoms with van der Waals surface area (Å²) in [7, 11) is 0. The second-order valence-corrected chi connectivity index (χ2v) is 9.07. The van der Waals surface area contributed by atoms with Crippen LogP contribution in [0.3, 0.4) is 0 Å². The van der Waals surface area contributed by atoms with Crippen LogP contribution in [0, 0.1) is 0 Å². The first-order valence-corrected chi connectivity index (χ1v) is 11.9. The molecule has 0 saturated carbocycles. The summed E-state index contributed by atoms with van der Waals surface area (Å²) in [5, 5.41) is 24.3. The molecule has 3 N–H and O–H groups in total. The van der Waals surface area contributed by atoms with Crippen LogP contribution >= 0.6 is 0 Å². The lowest BCUT2D eigenvalue weighted by Crippen LogP contribution is -2.45. The number of likely N-dealkylation sites (tertiary alicyclic amines) is 2. The van der Waals surface area contributed by atoms with E-state index < -0.39 is 0 Å². The number of piperidine rings is 2. The summed E-state index contributed by atoms with van der Waals surface area (Å²) in [4.78, 5) is 28.3. The summed E-state index contributed by atoms with van der Waals surface area (Å²) in [6.07, 6.45) is 3.41. The molecule has 4 rings (SSSR count). The molecule has 32 heavy (non-hydrogen) atoms. The SMILES string of the molecule is CCn1c(C2CCN(CC(O)CN3CCC(c4n[nH]c(=O)n4CC)CC3)CC2)n[nH]c1=O. The number of β-amino-alcohol motifs (C(OH)–C–C–N with tert-alkyl or cyclic N) is 1. The zero-order valence-electron chi connectivity index (χ0n) is 19.2. The van der Waals surface area contributed by atoms with E-state index in [2.05, 4.69) is 30.2 Å². The molecule has 0 aromatic carbocycles.